The number of pyridine rings is 2. The molecule has 2 aliphatic heterocycles. The molecule has 4 aromatic rings. The lowest BCUT2D eigenvalue weighted by Gasteiger charge is -2.34. The number of likely N-dealkylation sites (N-methyl/N-ethyl adjacent to an activating group) is 1. The van der Waals surface area contributed by atoms with E-state index < -0.39 is 11.7 Å². The van der Waals surface area contributed by atoms with E-state index in [0.717, 1.165) is 61.4 Å². The van der Waals surface area contributed by atoms with Gasteiger partial charge in [-0.1, -0.05) is 26.0 Å². The molecule has 8 nitrogen and oxygen atoms in total. The molecule has 1 aliphatic carbocycles. The highest BCUT2D eigenvalue weighted by Crippen LogP contribution is 2.42. The van der Waals surface area contributed by atoms with Crippen molar-refractivity contribution >= 4 is 16.9 Å². The van der Waals surface area contributed by atoms with Crippen LogP contribution in [0.25, 0.3) is 11.0 Å². The number of halogens is 3. The summed E-state index contributed by atoms with van der Waals surface area (Å²) in [6.45, 7) is 9.33. The lowest BCUT2D eigenvalue weighted by Crippen LogP contribution is -2.45. The van der Waals surface area contributed by atoms with Gasteiger partial charge in [0, 0.05) is 63.6 Å². The summed E-state index contributed by atoms with van der Waals surface area (Å²) in [6, 6.07) is 10.3. The van der Waals surface area contributed by atoms with Crippen LogP contribution in [0.2, 0.25) is 0 Å². The van der Waals surface area contributed by atoms with E-state index >= 15 is 0 Å². The molecule has 1 saturated heterocycles. The predicted molar refractivity (Wildman–Crippen MR) is 173 cm³/mol. The zero-order chi connectivity index (χ0) is 32.7. The number of amides is 1. The molecule has 0 bridgehead atoms. The number of piperazine rings is 1. The first-order valence-corrected chi connectivity index (χ1v) is 16.7. The SMILES string of the molecule is CC[C@@H]1CN(C(=O)Cc2ccc(CN3CCN(CC)CC3)c(C(F)(F)F)c2)Cc2cc(Oc3ccnc4[nH]c(C5CC5)cc34)cnc21. The summed E-state index contributed by atoms with van der Waals surface area (Å²) in [7, 11) is 0. The van der Waals surface area contributed by atoms with Gasteiger partial charge in [-0.25, -0.2) is 4.98 Å². The first kappa shape index (κ1) is 31.6. The van der Waals surface area contributed by atoms with Crippen LogP contribution in [-0.2, 0) is 30.5 Å². The normalized spacial score (nSPS) is 19.3. The van der Waals surface area contributed by atoms with E-state index in [2.05, 4.69) is 39.7 Å². The number of aromatic amines is 1. The monoisotopic (exact) mass is 646 g/mol. The summed E-state index contributed by atoms with van der Waals surface area (Å²) >= 11 is 0. The molecular weight excluding hydrogens is 605 g/mol. The van der Waals surface area contributed by atoms with Crippen molar-refractivity contribution in [2.24, 2.45) is 0 Å². The number of ether oxygens (including phenoxy) is 1. The number of fused-ring (bicyclic) bond motifs is 2. The van der Waals surface area contributed by atoms with Crippen LogP contribution in [0.3, 0.4) is 0 Å². The molecule has 248 valence electrons. The third kappa shape index (κ3) is 6.87. The van der Waals surface area contributed by atoms with Crippen molar-refractivity contribution in [2.75, 3.05) is 39.3 Å². The Morgan fingerprint density at radius 1 is 1.02 bits per heavy atom. The average molecular weight is 647 g/mol. The van der Waals surface area contributed by atoms with Gasteiger partial charge < -0.3 is 19.5 Å². The standard InChI is InChI=1S/C36H41F3N6O2/c1-3-24-21-45(33(46)16-23-5-6-26(30(15-23)36(37,38)39)20-44-13-11-43(4-2)12-14-44)22-27-17-28(19-41-34(24)27)47-32-9-10-40-35-29(32)18-31(42-35)25-7-8-25/h5-6,9-10,15,17-19,24-25H,3-4,7-8,11-14,16,20-22H2,1-2H3,(H,40,42)/t24-/m1/s1. The molecule has 0 radical (unpaired) electrons. The second kappa shape index (κ2) is 12.9. The number of rotatable bonds is 9. The van der Waals surface area contributed by atoms with Gasteiger partial charge in [0.2, 0.25) is 5.91 Å². The number of hydrogen-bond donors (Lipinski definition) is 1. The van der Waals surface area contributed by atoms with Gasteiger partial charge in [-0.15, -0.1) is 0 Å². The molecule has 1 amide bonds. The van der Waals surface area contributed by atoms with Crippen molar-refractivity contribution in [2.45, 2.75) is 70.6 Å². The molecule has 2 fully saturated rings. The van der Waals surface area contributed by atoms with Gasteiger partial charge >= 0.3 is 6.18 Å². The first-order chi connectivity index (χ1) is 22.7. The second-order valence-electron chi connectivity index (χ2n) is 13.1. The van der Waals surface area contributed by atoms with E-state index in [1.807, 2.05) is 12.1 Å². The van der Waals surface area contributed by atoms with Crippen molar-refractivity contribution < 1.29 is 22.7 Å². The smallest absolute Gasteiger partial charge is 0.416 e. The number of carbonyl (C=O) groups is 1. The van der Waals surface area contributed by atoms with Gasteiger partial charge in [-0.05, 0) is 72.7 Å². The van der Waals surface area contributed by atoms with Gasteiger partial charge in [-0.2, -0.15) is 13.2 Å². The molecule has 1 saturated carbocycles. The molecule has 1 N–H and O–H groups in total. The summed E-state index contributed by atoms with van der Waals surface area (Å²) in [5.41, 5.74) is 3.76. The summed E-state index contributed by atoms with van der Waals surface area (Å²) in [4.78, 5) is 32.4. The fraction of sp³-hybridized carbons (Fsp3) is 0.472. The molecule has 1 atom stereocenters. The number of nitrogens with one attached hydrogen (secondary N) is 1. The van der Waals surface area contributed by atoms with Gasteiger partial charge in [-0.3, -0.25) is 14.7 Å². The number of benzene rings is 1. The van der Waals surface area contributed by atoms with E-state index in [0.29, 0.717) is 36.1 Å². The molecule has 7 rings (SSSR count). The highest BCUT2D eigenvalue weighted by molar-refractivity contribution is 5.84. The minimum atomic E-state index is -4.50. The van der Waals surface area contributed by atoms with Crippen LogP contribution < -0.4 is 4.74 Å². The molecule has 47 heavy (non-hydrogen) atoms. The maximum absolute atomic E-state index is 14.2. The Labute approximate surface area is 272 Å². The summed E-state index contributed by atoms with van der Waals surface area (Å²) in [6.07, 6.45) is 1.98. The maximum atomic E-state index is 14.2. The number of H-pyrrole nitrogens is 1. The molecular formula is C36H41F3N6O2. The van der Waals surface area contributed by atoms with Crippen LogP contribution in [0.4, 0.5) is 13.2 Å². The van der Waals surface area contributed by atoms with Gasteiger partial charge in [0.15, 0.2) is 0 Å². The first-order valence-electron chi connectivity index (χ1n) is 16.7. The van der Waals surface area contributed by atoms with Gasteiger partial charge in [0.1, 0.15) is 17.1 Å². The lowest BCUT2D eigenvalue weighted by atomic mass is 9.92. The molecule has 11 heteroatoms. The highest BCUT2D eigenvalue weighted by Gasteiger charge is 2.35. The summed E-state index contributed by atoms with van der Waals surface area (Å²) < 4.78 is 49.0. The minimum Gasteiger partial charge on any atom is -0.455 e. The van der Waals surface area contributed by atoms with Crippen molar-refractivity contribution in [3.05, 3.63) is 82.4 Å². The summed E-state index contributed by atoms with van der Waals surface area (Å²) in [5.74, 6) is 1.63. The number of aromatic nitrogens is 3. The Kier molecular flexibility index (Phi) is 8.69. The quantitative estimate of drug-likeness (QED) is 0.214. The van der Waals surface area contributed by atoms with Gasteiger partial charge in [0.25, 0.3) is 0 Å². The molecule has 0 spiro atoms. The van der Waals surface area contributed by atoms with Crippen LogP contribution >= 0.6 is 0 Å². The van der Waals surface area contributed by atoms with Crippen molar-refractivity contribution in [1.82, 2.24) is 29.7 Å². The van der Waals surface area contributed by atoms with Crippen molar-refractivity contribution in [1.29, 1.82) is 0 Å². The van der Waals surface area contributed by atoms with Crippen LogP contribution in [0, 0.1) is 0 Å². The Balaban J connectivity index is 1.07. The number of hydrogen-bond acceptors (Lipinski definition) is 6. The van der Waals surface area contributed by atoms with Gasteiger partial charge in [0.05, 0.1) is 29.3 Å². The van der Waals surface area contributed by atoms with E-state index in [9.17, 15) is 18.0 Å². The Morgan fingerprint density at radius 3 is 2.53 bits per heavy atom. The fourth-order valence-electron chi connectivity index (χ4n) is 6.96. The largest absolute Gasteiger partial charge is 0.455 e. The molecule has 5 heterocycles. The summed E-state index contributed by atoms with van der Waals surface area (Å²) in [5, 5.41) is 0.915. The third-order valence-corrected chi connectivity index (χ3v) is 9.91. The molecule has 0 unspecified atom stereocenters. The Morgan fingerprint density at radius 2 is 1.81 bits per heavy atom. The van der Waals surface area contributed by atoms with Crippen LogP contribution in [0.5, 0.6) is 11.5 Å². The number of carbonyl (C=O) groups excluding carboxylic acids is 1. The zero-order valence-electron chi connectivity index (χ0n) is 26.9. The minimum absolute atomic E-state index is 0.0245. The van der Waals surface area contributed by atoms with E-state index in [4.69, 9.17) is 9.72 Å². The Hall–Kier alpha value is -3.96. The molecule has 1 aromatic carbocycles. The average Bonchev–Trinajstić information content (AvgIpc) is 3.83. The number of nitrogens with zero attached hydrogens (tertiary/aromatic N) is 5. The van der Waals surface area contributed by atoms with Crippen LogP contribution in [0.15, 0.2) is 48.8 Å². The maximum Gasteiger partial charge on any atom is 0.416 e. The van der Waals surface area contributed by atoms with Crippen LogP contribution in [0.1, 0.15) is 78.6 Å². The lowest BCUT2D eigenvalue weighted by molar-refractivity contribution is -0.139. The van der Waals surface area contributed by atoms with Crippen LogP contribution in [-0.4, -0.2) is 74.8 Å². The second-order valence-corrected chi connectivity index (χ2v) is 13.1. The third-order valence-electron chi connectivity index (χ3n) is 9.91. The van der Waals surface area contributed by atoms with E-state index in [-0.39, 0.29) is 30.4 Å². The predicted octanol–water partition coefficient (Wildman–Crippen LogP) is 6.86. The molecule has 3 aromatic heterocycles. The topological polar surface area (TPSA) is 77.6 Å². The fourth-order valence-corrected chi connectivity index (χ4v) is 6.96. The van der Waals surface area contributed by atoms with Crippen molar-refractivity contribution in [3.63, 3.8) is 0 Å². The highest BCUT2D eigenvalue weighted by atomic mass is 19.4. The Bertz CT molecular complexity index is 1760. The van der Waals surface area contributed by atoms with Crippen molar-refractivity contribution in [3.8, 4) is 11.5 Å². The number of alkyl halides is 3. The van der Waals surface area contributed by atoms with E-state index in [1.54, 1.807) is 29.4 Å². The van der Waals surface area contributed by atoms with E-state index in [1.165, 1.54) is 24.6 Å². The molecule has 3 aliphatic rings. The zero-order valence-corrected chi connectivity index (χ0v) is 26.9.